The van der Waals surface area contributed by atoms with Crippen LogP contribution in [-0.2, 0) is 9.53 Å². The molecule has 1 aliphatic rings. The third-order valence-electron chi connectivity index (χ3n) is 3.31. The summed E-state index contributed by atoms with van der Waals surface area (Å²) < 4.78 is 10.5. The number of unbranched alkanes of at least 4 members (excludes halogenated alkanes) is 1. The number of anilines is 1. The quantitative estimate of drug-likeness (QED) is 0.783. The van der Waals surface area contributed by atoms with Gasteiger partial charge in [-0.2, -0.15) is 0 Å². The van der Waals surface area contributed by atoms with Gasteiger partial charge in [0.25, 0.3) is 0 Å². The molecule has 0 saturated carbocycles. The van der Waals surface area contributed by atoms with Crippen LogP contribution in [0.25, 0.3) is 0 Å². The van der Waals surface area contributed by atoms with Crippen molar-refractivity contribution in [2.24, 2.45) is 0 Å². The average Bonchev–Trinajstić information content (AvgIpc) is 2.48. The van der Waals surface area contributed by atoms with E-state index in [0.29, 0.717) is 31.3 Å². The van der Waals surface area contributed by atoms with Crippen molar-refractivity contribution in [1.29, 1.82) is 0 Å². The zero-order valence-electron chi connectivity index (χ0n) is 12.2. The summed E-state index contributed by atoms with van der Waals surface area (Å²) in [4.78, 5) is 14.0. The molecule has 5 nitrogen and oxygen atoms in total. The van der Waals surface area contributed by atoms with Gasteiger partial charge in [0.05, 0.1) is 18.8 Å². The topological polar surface area (TPSA) is 50.8 Å². The molecule has 0 unspecified atom stereocenters. The Hall–Kier alpha value is -1.46. The maximum Gasteiger partial charge on any atom is 0.239 e. The Bertz CT molecular complexity index is 482. The number of halogens is 1. The van der Waals surface area contributed by atoms with Crippen LogP contribution in [0.3, 0.4) is 0 Å². The molecule has 1 aromatic rings. The van der Waals surface area contributed by atoms with Crippen LogP contribution >= 0.6 is 11.6 Å². The molecule has 0 saturated heterocycles. The van der Waals surface area contributed by atoms with Gasteiger partial charge in [-0.1, -0.05) is 11.6 Å². The standard InChI is InChI=1S/C15H21ClN2O3/c1-20-8-3-2-6-17-15(19)11-18-7-9-21-14-5-4-12(16)10-13(14)18/h4-5,10H,2-3,6-9,11H2,1H3,(H,17,19). The van der Waals surface area contributed by atoms with Crippen molar-refractivity contribution in [3.63, 3.8) is 0 Å². The molecule has 0 atom stereocenters. The van der Waals surface area contributed by atoms with Gasteiger partial charge in [0.15, 0.2) is 0 Å². The number of nitrogens with zero attached hydrogens (tertiary/aromatic N) is 1. The first kappa shape index (κ1) is 15.9. The second-order valence-electron chi connectivity index (χ2n) is 4.93. The lowest BCUT2D eigenvalue weighted by molar-refractivity contribution is -0.119. The van der Waals surface area contributed by atoms with Crippen molar-refractivity contribution in [1.82, 2.24) is 5.32 Å². The monoisotopic (exact) mass is 312 g/mol. The molecule has 1 N–H and O–H groups in total. The summed E-state index contributed by atoms with van der Waals surface area (Å²) in [5.74, 6) is 0.791. The van der Waals surface area contributed by atoms with E-state index in [4.69, 9.17) is 21.1 Å². The summed E-state index contributed by atoms with van der Waals surface area (Å²) in [6.45, 7) is 2.99. The van der Waals surface area contributed by atoms with Gasteiger partial charge in [-0.3, -0.25) is 4.79 Å². The first-order valence-electron chi connectivity index (χ1n) is 7.13. The van der Waals surface area contributed by atoms with Gasteiger partial charge >= 0.3 is 0 Å². The number of methoxy groups -OCH3 is 1. The van der Waals surface area contributed by atoms with Crippen molar-refractivity contribution in [3.8, 4) is 5.75 Å². The van der Waals surface area contributed by atoms with E-state index >= 15 is 0 Å². The highest BCUT2D eigenvalue weighted by Gasteiger charge is 2.20. The molecule has 0 aromatic heterocycles. The maximum absolute atomic E-state index is 12.0. The first-order valence-corrected chi connectivity index (χ1v) is 7.51. The molecule has 1 aliphatic heterocycles. The van der Waals surface area contributed by atoms with E-state index in [1.165, 1.54) is 0 Å². The molecule has 21 heavy (non-hydrogen) atoms. The van der Waals surface area contributed by atoms with Crippen molar-refractivity contribution in [2.75, 3.05) is 44.9 Å². The van der Waals surface area contributed by atoms with Crippen LogP contribution in [0.15, 0.2) is 18.2 Å². The number of hydrogen-bond acceptors (Lipinski definition) is 4. The van der Waals surface area contributed by atoms with Crippen molar-refractivity contribution in [3.05, 3.63) is 23.2 Å². The Balaban J connectivity index is 1.83. The van der Waals surface area contributed by atoms with Gasteiger partial charge in [0, 0.05) is 25.3 Å². The summed E-state index contributed by atoms with van der Waals surface area (Å²) in [5, 5.41) is 3.57. The molecule has 0 bridgehead atoms. The van der Waals surface area contributed by atoms with Gasteiger partial charge in [-0.05, 0) is 31.0 Å². The highest BCUT2D eigenvalue weighted by Crippen LogP contribution is 2.33. The van der Waals surface area contributed by atoms with E-state index in [0.717, 1.165) is 30.9 Å². The number of benzene rings is 1. The van der Waals surface area contributed by atoms with Gasteiger partial charge in [-0.15, -0.1) is 0 Å². The molecule has 1 heterocycles. The number of hydrogen-bond donors (Lipinski definition) is 1. The Kier molecular flexibility index (Phi) is 6.14. The first-order chi connectivity index (χ1) is 10.2. The molecule has 0 fully saturated rings. The smallest absolute Gasteiger partial charge is 0.239 e. The lowest BCUT2D eigenvalue weighted by atomic mass is 10.2. The SMILES string of the molecule is COCCCCNC(=O)CN1CCOc2ccc(Cl)cc21. The Labute approximate surface area is 130 Å². The zero-order valence-corrected chi connectivity index (χ0v) is 13.0. The zero-order chi connectivity index (χ0) is 15.1. The van der Waals surface area contributed by atoms with Gasteiger partial charge in [0.1, 0.15) is 12.4 Å². The fourth-order valence-electron chi connectivity index (χ4n) is 2.24. The predicted octanol–water partition coefficient (Wildman–Crippen LogP) is 2.08. The third-order valence-corrected chi connectivity index (χ3v) is 3.55. The number of amides is 1. The minimum absolute atomic E-state index is 0.0141. The lowest BCUT2D eigenvalue weighted by Gasteiger charge is -2.30. The molecular weight excluding hydrogens is 292 g/mol. The van der Waals surface area contributed by atoms with Crippen molar-refractivity contribution in [2.45, 2.75) is 12.8 Å². The highest BCUT2D eigenvalue weighted by atomic mass is 35.5. The summed E-state index contributed by atoms with van der Waals surface area (Å²) in [7, 11) is 1.68. The molecule has 1 amide bonds. The third kappa shape index (κ3) is 4.79. The maximum atomic E-state index is 12.0. The minimum Gasteiger partial charge on any atom is -0.490 e. The second-order valence-corrected chi connectivity index (χ2v) is 5.37. The number of nitrogens with one attached hydrogen (secondary N) is 1. The van der Waals surface area contributed by atoms with Crippen LogP contribution in [-0.4, -0.2) is 45.9 Å². The summed E-state index contributed by atoms with van der Waals surface area (Å²) in [6, 6.07) is 5.47. The Morgan fingerprint density at radius 3 is 3.14 bits per heavy atom. The van der Waals surface area contributed by atoms with Crippen LogP contribution in [0.5, 0.6) is 5.75 Å². The number of rotatable bonds is 7. The predicted molar refractivity (Wildman–Crippen MR) is 83.3 cm³/mol. The summed E-state index contributed by atoms with van der Waals surface area (Å²) in [5.41, 5.74) is 0.878. The van der Waals surface area contributed by atoms with Crippen molar-refractivity contribution >= 4 is 23.2 Å². The van der Waals surface area contributed by atoms with Crippen molar-refractivity contribution < 1.29 is 14.3 Å². The molecule has 0 radical (unpaired) electrons. The van der Waals surface area contributed by atoms with E-state index < -0.39 is 0 Å². The molecular formula is C15H21ClN2O3. The van der Waals surface area contributed by atoms with Crippen LogP contribution in [0.1, 0.15) is 12.8 Å². The number of carbonyl (C=O) groups is 1. The Morgan fingerprint density at radius 2 is 2.33 bits per heavy atom. The van der Waals surface area contributed by atoms with Crippen LogP contribution in [0.4, 0.5) is 5.69 Å². The van der Waals surface area contributed by atoms with Crippen LogP contribution in [0, 0.1) is 0 Å². The van der Waals surface area contributed by atoms with E-state index in [2.05, 4.69) is 5.32 Å². The van der Waals surface area contributed by atoms with E-state index in [9.17, 15) is 4.79 Å². The molecule has 1 aromatic carbocycles. The second kappa shape index (κ2) is 8.10. The number of fused-ring (bicyclic) bond motifs is 1. The fraction of sp³-hybridized carbons (Fsp3) is 0.533. The van der Waals surface area contributed by atoms with Crippen LogP contribution in [0.2, 0.25) is 5.02 Å². The highest BCUT2D eigenvalue weighted by molar-refractivity contribution is 6.31. The van der Waals surface area contributed by atoms with Gasteiger partial charge in [0.2, 0.25) is 5.91 Å². The van der Waals surface area contributed by atoms with E-state index in [-0.39, 0.29) is 5.91 Å². The molecule has 116 valence electrons. The average molecular weight is 313 g/mol. The normalized spacial score (nSPS) is 13.5. The molecule has 0 spiro atoms. The van der Waals surface area contributed by atoms with E-state index in [1.54, 1.807) is 13.2 Å². The Morgan fingerprint density at radius 1 is 1.48 bits per heavy atom. The van der Waals surface area contributed by atoms with Gasteiger partial charge < -0.3 is 19.7 Å². The van der Waals surface area contributed by atoms with Gasteiger partial charge in [-0.25, -0.2) is 0 Å². The summed E-state index contributed by atoms with van der Waals surface area (Å²) >= 11 is 6.02. The fourth-order valence-corrected chi connectivity index (χ4v) is 2.40. The minimum atomic E-state index is 0.0141. The largest absolute Gasteiger partial charge is 0.490 e. The molecule has 6 heteroatoms. The van der Waals surface area contributed by atoms with E-state index in [1.807, 2.05) is 17.0 Å². The number of ether oxygens (including phenoxy) is 2. The summed E-state index contributed by atoms with van der Waals surface area (Å²) in [6.07, 6.45) is 1.87. The lowest BCUT2D eigenvalue weighted by Crippen LogP contribution is -2.41. The van der Waals surface area contributed by atoms with Crippen LogP contribution < -0.4 is 15.0 Å². The number of carbonyl (C=O) groups excluding carboxylic acids is 1. The molecule has 0 aliphatic carbocycles. The molecule has 2 rings (SSSR count).